The highest BCUT2D eigenvalue weighted by molar-refractivity contribution is 8.00. The van der Waals surface area contributed by atoms with Gasteiger partial charge in [0.15, 0.2) is 0 Å². The van der Waals surface area contributed by atoms with Gasteiger partial charge >= 0.3 is 6.03 Å². The van der Waals surface area contributed by atoms with Crippen LogP contribution in [0.3, 0.4) is 0 Å². The lowest BCUT2D eigenvalue weighted by Crippen LogP contribution is -2.41. The molecule has 1 heterocycles. The van der Waals surface area contributed by atoms with Gasteiger partial charge in [0.05, 0.1) is 10.9 Å². The van der Waals surface area contributed by atoms with Crippen molar-refractivity contribution >= 4 is 23.7 Å². The lowest BCUT2D eigenvalue weighted by atomic mass is 9.88. The highest BCUT2D eigenvalue weighted by Crippen LogP contribution is 2.34. The zero-order valence-electron chi connectivity index (χ0n) is 15.6. The molecular weight excluding hydrogens is 362 g/mol. The van der Waals surface area contributed by atoms with E-state index >= 15 is 0 Å². The van der Waals surface area contributed by atoms with Crippen molar-refractivity contribution < 1.29 is 9.59 Å². The fourth-order valence-corrected chi connectivity index (χ4v) is 3.98. The Labute approximate surface area is 163 Å². The molecule has 1 atom stereocenters. The molecule has 0 unspecified atom stereocenters. The second kappa shape index (κ2) is 9.03. The summed E-state index contributed by atoms with van der Waals surface area (Å²) in [6, 6.07) is 9.44. The summed E-state index contributed by atoms with van der Waals surface area (Å²) in [6.07, 6.45) is 5.92. The predicted octanol–water partition coefficient (Wildman–Crippen LogP) is 3.25. The Morgan fingerprint density at radius 3 is 2.56 bits per heavy atom. The van der Waals surface area contributed by atoms with Crippen LogP contribution in [0, 0.1) is 0 Å². The van der Waals surface area contributed by atoms with E-state index in [-0.39, 0.29) is 5.91 Å². The number of nitrogens with zero attached hydrogens (tertiary/aromatic N) is 3. The van der Waals surface area contributed by atoms with E-state index in [0.717, 1.165) is 24.4 Å². The van der Waals surface area contributed by atoms with Gasteiger partial charge < -0.3 is 5.32 Å². The molecule has 8 heteroatoms. The summed E-state index contributed by atoms with van der Waals surface area (Å²) in [6.45, 7) is 1.74. The fourth-order valence-electron chi connectivity index (χ4n) is 3.23. The molecule has 27 heavy (non-hydrogen) atoms. The van der Waals surface area contributed by atoms with E-state index in [2.05, 4.69) is 15.7 Å². The van der Waals surface area contributed by atoms with Crippen LogP contribution in [0.25, 0.3) is 5.69 Å². The van der Waals surface area contributed by atoms with Gasteiger partial charge in [-0.3, -0.25) is 10.1 Å². The number of para-hydroxylation sites is 1. The van der Waals surface area contributed by atoms with Crippen LogP contribution in [0.2, 0.25) is 0 Å². The molecule has 0 aliphatic heterocycles. The predicted molar refractivity (Wildman–Crippen MR) is 105 cm³/mol. The minimum Gasteiger partial charge on any atom is -0.341 e. The molecule has 0 bridgehead atoms. The Bertz CT molecular complexity index is 787. The first kappa shape index (κ1) is 19.4. The monoisotopic (exact) mass is 387 g/mol. The molecule has 2 aromatic rings. The van der Waals surface area contributed by atoms with Crippen LogP contribution in [0.5, 0.6) is 0 Å². The number of urea groups is 1. The van der Waals surface area contributed by atoms with Crippen LogP contribution in [-0.2, 0) is 4.79 Å². The molecule has 2 N–H and O–H groups in total. The van der Waals surface area contributed by atoms with Gasteiger partial charge in [-0.25, -0.2) is 14.5 Å². The van der Waals surface area contributed by atoms with Crippen LogP contribution in [0.1, 0.15) is 50.8 Å². The highest BCUT2D eigenvalue weighted by atomic mass is 32.2. The van der Waals surface area contributed by atoms with Gasteiger partial charge in [0.2, 0.25) is 11.1 Å². The number of imide groups is 1. The molecule has 0 spiro atoms. The summed E-state index contributed by atoms with van der Waals surface area (Å²) >= 11 is 1.26. The molecule has 144 valence electrons. The summed E-state index contributed by atoms with van der Waals surface area (Å²) in [5.41, 5.74) is 0.972. The SMILES string of the molecule is CNC(=O)NC(=O)[C@@H](C)Sc1nc(C2CCCCC2)n(-c2ccccc2)n1. The zero-order valence-corrected chi connectivity index (χ0v) is 16.5. The number of nitrogens with one attached hydrogen (secondary N) is 2. The Kier molecular flexibility index (Phi) is 6.49. The zero-order chi connectivity index (χ0) is 19.2. The second-order valence-corrected chi connectivity index (χ2v) is 7.97. The average Bonchev–Trinajstić information content (AvgIpc) is 3.13. The maximum atomic E-state index is 12.1. The molecule has 0 saturated heterocycles. The lowest BCUT2D eigenvalue weighted by molar-refractivity contribution is -0.119. The third-order valence-corrected chi connectivity index (χ3v) is 5.65. The third kappa shape index (κ3) is 4.88. The van der Waals surface area contributed by atoms with Gasteiger partial charge in [-0.2, -0.15) is 0 Å². The van der Waals surface area contributed by atoms with Crippen molar-refractivity contribution in [2.75, 3.05) is 7.05 Å². The molecular formula is C19H25N5O2S. The van der Waals surface area contributed by atoms with Gasteiger partial charge in [0.25, 0.3) is 0 Å². The summed E-state index contributed by atoms with van der Waals surface area (Å²) < 4.78 is 1.90. The molecule has 1 aliphatic rings. The minimum absolute atomic E-state index is 0.366. The fraction of sp³-hybridized carbons (Fsp3) is 0.474. The maximum absolute atomic E-state index is 12.1. The quantitative estimate of drug-likeness (QED) is 0.769. The van der Waals surface area contributed by atoms with Gasteiger partial charge in [0.1, 0.15) is 5.82 Å². The molecule has 1 fully saturated rings. The van der Waals surface area contributed by atoms with E-state index in [9.17, 15) is 9.59 Å². The van der Waals surface area contributed by atoms with Gasteiger partial charge in [-0.15, -0.1) is 5.10 Å². The van der Waals surface area contributed by atoms with E-state index in [1.807, 2.05) is 35.0 Å². The maximum Gasteiger partial charge on any atom is 0.321 e. The van der Waals surface area contributed by atoms with Crippen molar-refractivity contribution in [2.24, 2.45) is 0 Å². The van der Waals surface area contributed by atoms with E-state index in [1.165, 1.54) is 38.1 Å². The van der Waals surface area contributed by atoms with Crippen LogP contribution in [0.4, 0.5) is 4.79 Å². The topological polar surface area (TPSA) is 88.9 Å². The minimum atomic E-state index is -0.516. The smallest absolute Gasteiger partial charge is 0.321 e. The third-order valence-electron chi connectivity index (χ3n) is 4.70. The van der Waals surface area contributed by atoms with Crippen molar-refractivity contribution in [1.82, 2.24) is 25.4 Å². The highest BCUT2D eigenvalue weighted by Gasteiger charge is 2.25. The van der Waals surface area contributed by atoms with Crippen LogP contribution >= 0.6 is 11.8 Å². The first-order valence-corrected chi connectivity index (χ1v) is 10.2. The normalized spacial score (nSPS) is 15.9. The van der Waals surface area contributed by atoms with Crippen molar-refractivity contribution in [3.05, 3.63) is 36.2 Å². The Morgan fingerprint density at radius 2 is 1.89 bits per heavy atom. The number of aromatic nitrogens is 3. The number of hydrogen-bond acceptors (Lipinski definition) is 5. The van der Waals surface area contributed by atoms with E-state index in [4.69, 9.17) is 4.98 Å². The van der Waals surface area contributed by atoms with E-state index in [1.54, 1.807) is 6.92 Å². The van der Waals surface area contributed by atoms with Gasteiger partial charge in [-0.1, -0.05) is 49.2 Å². The molecule has 0 radical (unpaired) electrons. The molecule has 3 rings (SSSR count). The van der Waals surface area contributed by atoms with Crippen molar-refractivity contribution in [3.8, 4) is 5.69 Å². The van der Waals surface area contributed by atoms with Crippen molar-refractivity contribution in [2.45, 2.75) is 55.4 Å². The first-order chi connectivity index (χ1) is 13.1. The van der Waals surface area contributed by atoms with Crippen LogP contribution < -0.4 is 10.6 Å². The second-order valence-electron chi connectivity index (χ2n) is 6.66. The number of carbonyl (C=O) groups excluding carboxylic acids is 2. The molecule has 3 amide bonds. The average molecular weight is 388 g/mol. The molecule has 7 nitrogen and oxygen atoms in total. The summed E-state index contributed by atoms with van der Waals surface area (Å²) in [5, 5.41) is 9.41. The van der Waals surface area contributed by atoms with Crippen LogP contribution in [-0.4, -0.2) is 39.0 Å². The molecule has 1 saturated carbocycles. The van der Waals surface area contributed by atoms with Gasteiger partial charge in [0, 0.05) is 13.0 Å². The van der Waals surface area contributed by atoms with Crippen molar-refractivity contribution in [1.29, 1.82) is 0 Å². The van der Waals surface area contributed by atoms with E-state index < -0.39 is 11.3 Å². The summed E-state index contributed by atoms with van der Waals surface area (Å²) in [7, 11) is 1.47. The molecule has 1 aromatic carbocycles. The molecule has 1 aliphatic carbocycles. The number of hydrogen-bond donors (Lipinski definition) is 2. The number of thioether (sulfide) groups is 1. The number of carbonyl (C=O) groups is 2. The standard InChI is InChI=1S/C19H25N5O2S/c1-13(17(25)22-18(26)20-2)27-19-21-16(14-9-5-3-6-10-14)24(23-19)15-11-7-4-8-12-15/h4,7-8,11-14H,3,5-6,9-10H2,1-2H3,(H2,20,22,25,26)/t13-/m1/s1. The van der Waals surface area contributed by atoms with Crippen LogP contribution in [0.15, 0.2) is 35.5 Å². The summed E-state index contributed by atoms with van der Waals surface area (Å²) in [5.74, 6) is 0.979. The Balaban J connectivity index is 1.82. The van der Waals surface area contributed by atoms with E-state index in [0.29, 0.717) is 11.1 Å². The van der Waals surface area contributed by atoms with Crippen molar-refractivity contribution in [3.63, 3.8) is 0 Å². The number of amides is 3. The number of benzene rings is 1. The van der Waals surface area contributed by atoms with Gasteiger partial charge in [-0.05, 0) is 31.9 Å². The Hall–Kier alpha value is -2.35. The molecule has 1 aromatic heterocycles. The number of rotatable bonds is 5. The lowest BCUT2D eigenvalue weighted by Gasteiger charge is -2.21. The largest absolute Gasteiger partial charge is 0.341 e. The first-order valence-electron chi connectivity index (χ1n) is 9.30. The summed E-state index contributed by atoms with van der Waals surface area (Å²) in [4.78, 5) is 28.2. The Morgan fingerprint density at radius 1 is 1.19 bits per heavy atom.